The van der Waals surface area contributed by atoms with E-state index >= 15 is 0 Å². The summed E-state index contributed by atoms with van der Waals surface area (Å²) in [7, 11) is 0. The zero-order valence-corrected chi connectivity index (χ0v) is 9.70. The molecule has 4 heteroatoms. The van der Waals surface area contributed by atoms with Crippen LogP contribution in [0.25, 0.3) is 0 Å². The quantitative estimate of drug-likeness (QED) is 0.488. The molecule has 0 aliphatic heterocycles. The molecule has 0 radical (unpaired) electrons. The Bertz CT molecular complexity index is 316. The van der Waals surface area contributed by atoms with Crippen molar-refractivity contribution in [2.75, 3.05) is 30.8 Å². The first-order chi connectivity index (χ1) is 7.76. The van der Waals surface area contributed by atoms with Crippen molar-refractivity contribution in [3.63, 3.8) is 0 Å². The van der Waals surface area contributed by atoms with Crippen molar-refractivity contribution < 1.29 is 9.84 Å². The molecule has 4 nitrogen and oxygen atoms in total. The van der Waals surface area contributed by atoms with Crippen LogP contribution in [0.5, 0.6) is 5.75 Å². The lowest BCUT2D eigenvalue weighted by atomic mass is 10.2. The van der Waals surface area contributed by atoms with Crippen LogP contribution in [0.3, 0.4) is 0 Å². The molecular formula is C12H20N2O2. The molecule has 0 amide bonds. The zero-order valence-electron chi connectivity index (χ0n) is 9.70. The maximum Gasteiger partial charge on any atom is 0.123 e. The highest BCUT2D eigenvalue weighted by Gasteiger charge is 1.99. The van der Waals surface area contributed by atoms with Crippen LogP contribution >= 0.6 is 0 Å². The predicted octanol–water partition coefficient (Wildman–Crippen LogP) is 1.85. The van der Waals surface area contributed by atoms with Crippen LogP contribution in [0.1, 0.15) is 19.8 Å². The molecule has 0 atom stereocenters. The molecule has 1 rings (SSSR count). The Hall–Kier alpha value is -1.42. The summed E-state index contributed by atoms with van der Waals surface area (Å²) < 4.78 is 5.39. The topological polar surface area (TPSA) is 67.5 Å². The first-order valence-corrected chi connectivity index (χ1v) is 5.64. The number of nitrogens with two attached hydrogens (primary N) is 1. The summed E-state index contributed by atoms with van der Waals surface area (Å²) in [6, 6.07) is 5.61. The Morgan fingerprint density at radius 1 is 1.31 bits per heavy atom. The van der Waals surface area contributed by atoms with Gasteiger partial charge in [-0.2, -0.15) is 0 Å². The Morgan fingerprint density at radius 3 is 2.81 bits per heavy atom. The third-order valence-electron chi connectivity index (χ3n) is 2.15. The van der Waals surface area contributed by atoms with Gasteiger partial charge in [0.1, 0.15) is 5.75 Å². The van der Waals surface area contributed by atoms with E-state index < -0.39 is 0 Å². The maximum absolute atomic E-state index is 8.65. The molecule has 0 saturated carbocycles. The fraction of sp³-hybridized carbons (Fsp3) is 0.500. The number of nitrogen functional groups attached to an aromatic ring is 1. The van der Waals surface area contributed by atoms with Gasteiger partial charge in [-0.05, 0) is 25.8 Å². The monoisotopic (exact) mass is 224 g/mol. The average Bonchev–Trinajstić information content (AvgIpc) is 2.24. The minimum atomic E-state index is 0.239. The molecule has 90 valence electrons. The van der Waals surface area contributed by atoms with Gasteiger partial charge in [0, 0.05) is 36.7 Å². The number of unbranched alkanes of at least 4 members (excludes halogenated alkanes) is 1. The molecule has 1 aromatic rings. The third kappa shape index (κ3) is 4.40. The smallest absolute Gasteiger partial charge is 0.123 e. The van der Waals surface area contributed by atoms with Gasteiger partial charge < -0.3 is 20.9 Å². The van der Waals surface area contributed by atoms with Gasteiger partial charge >= 0.3 is 0 Å². The van der Waals surface area contributed by atoms with E-state index in [0.717, 1.165) is 30.8 Å². The molecule has 0 saturated heterocycles. The molecule has 0 aliphatic rings. The average molecular weight is 224 g/mol. The minimum absolute atomic E-state index is 0.239. The molecule has 0 bridgehead atoms. The summed E-state index contributed by atoms with van der Waals surface area (Å²) in [4.78, 5) is 0. The second-order valence-corrected chi connectivity index (χ2v) is 3.58. The van der Waals surface area contributed by atoms with Gasteiger partial charge in [-0.1, -0.05) is 0 Å². The number of hydrogen-bond donors (Lipinski definition) is 3. The summed E-state index contributed by atoms with van der Waals surface area (Å²) >= 11 is 0. The molecule has 1 aromatic carbocycles. The van der Waals surface area contributed by atoms with Crippen molar-refractivity contribution in [1.82, 2.24) is 0 Å². The van der Waals surface area contributed by atoms with Gasteiger partial charge in [-0.25, -0.2) is 0 Å². The molecule has 0 aromatic heterocycles. The van der Waals surface area contributed by atoms with E-state index in [-0.39, 0.29) is 6.61 Å². The normalized spacial score (nSPS) is 10.1. The highest BCUT2D eigenvalue weighted by Crippen LogP contribution is 2.22. The Labute approximate surface area is 96.4 Å². The Morgan fingerprint density at radius 2 is 2.12 bits per heavy atom. The number of benzene rings is 1. The van der Waals surface area contributed by atoms with Crippen LogP contribution in [0.15, 0.2) is 18.2 Å². The van der Waals surface area contributed by atoms with Crippen molar-refractivity contribution in [3.05, 3.63) is 18.2 Å². The minimum Gasteiger partial charge on any atom is -0.494 e. The van der Waals surface area contributed by atoms with Crippen LogP contribution in [0.2, 0.25) is 0 Å². The van der Waals surface area contributed by atoms with Crippen LogP contribution < -0.4 is 15.8 Å². The largest absolute Gasteiger partial charge is 0.494 e. The van der Waals surface area contributed by atoms with Crippen LogP contribution in [0, 0.1) is 0 Å². The number of hydrogen-bond acceptors (Lipinski definition) is 4. The van der Waals surface area contributed by atoms with Crippen molar-refractivity contribution in [2.45, 2.75) is 19.8 Å². The van der Waals surface area contributed by atoms with Crippen molar-refractivity contribution in [1.29, 1.82) is 0 Å². The van der Waals surface area contributed by atoms with Crippen molar-refractivity contribution in [3.8, 4) is 5.75 Å². The summed E-state index contributed by atoms with van der Waals surface area (Å²) in [5.74, 6) is 0.784. The summed E-state index contributed by atoms with van der Waals surface area (Å²) in [6.45, 7) is 3.64. The summed E-state index contributed by atoms with van der Waals surface area (Å²) in [5, 5.41) is 11.9. The van der Waals surface area contributed by atoms with Crippen LogP contribution in [-0.4, -0.2) is 24.9 Å². The first-order valence-electron chi connectivity index (χ1n) is 5.64. The fourth-order valence-corrected chi connectivity index (χ4v) is 1.44. The van der Waals surface area contributed by atoms with E-state index in [2.05, 4.69) is 5.32 Å². The molecular weight excluding hydrogens is 204 g/mol. The molecule has 4 N–H and O–H groups in total. The Balaban J connectivity index is 2.51. The summed E-state index contributed by atoms with van der Waals surface area (Å²) in [6.07, 6.45) is 1.75. The molecule has 0 unspecified atom stereocenters. The van der Waals surface area contributed by atoms with Gasteiger partial charge in [0.2, 0.25) is 0 Å². The lowest BCUT2D eigenvalue weighted by Gasteiger charge is -2.10. The van der Waals surface area contributed by atoms with Gasteiger partial charge in [0.05, 0.1) is 6.61 Å². The summed E-state index contributed by atoms with van der Waals surface area (Å²) in [5.41, 5.74) is 7.41. The molecule has 0 spiro atoms. The standard InChI is InChI=1S/C12H20N2O2/c1-2-16-12-8-10(13)7-11(9-12)14-5-3-4-6-15/h7-9,14-15H,2-6,13H2,1H3. The molecule has 0 fully saturated rings. The van der Waals surface area contributed by atoms with Crippen molar-refractivity contribution in [2.24, 2.45) is 0 Å². The van der Waals surface area contributed by atoms with E-state index in [1.54, 1.807) is 0 Å². The van der Waals surface area contributed by atoms with E-state index in [4.69, 9.17) is 15.6 Å². The van der Waals surface area contributed by atoms with E-state index in [1.807, 2.05) is 25.1 Å². The highest BCUT2D eigenvalue weighted by molar-refractivity contribution is 5.59. The van der Waals surface area contributed by atoms with E-state index in [9.17, 15) is 0 Å². The number of rotatable bonds is 7. The maximum atomic E-state index is 8.65. The number of aliphatic hydroxyl groups is 1. The van der Waals surface area contributed by atoms with Crippen molar-refractivity contribution >= 4 is 11.4 Å². The number of nitrogens with one attached hydrogen (secondary N) is 1. The second kappa shape index (κ2) is 6.95. The highest BCUT2D eigenvalue weighted by atomic mass is 16.5. The van der Waals surface area contributed by atoms with Gasteiger partial charge in [-0.3, -0.25) is 0 Å². The van der Waals surface area contributed by atoms with E-state index in [0.29, 0.717) is 12.3 Å². The predicted molar refractivity (Wildman–Crippen MR) is 66.8 cm³/mol. The van der Waals surface area contributed by atoms with Gasteiger partial charge in [-0.15, -0.1) is 0 Å². The molecule has 16 heavy (non-hydrogen) atoms. The van der Waals surface area contributed by atoms with Gasteiger partial charge in [0.15, 0.2) is 0 Å². The van der Waals surface area contributed by atoms with Crippen LogP contribution in [0.4, 0.5) is 11.4 Å². The SMILES string of the molecule is CCOc1cc(N)cc(NCCCCO)c1. The van der Waals surface area contributed by atoms with Gasteiger partial charge in [0.25, 0.3) is 0 Å². The number of aliphatic hydroxyl groups excluding tert-OH is 1. The number of anilines is 2. The molecule has 0 heterocycles. The zero-order chi connectivity index (χ0) is 11.8. The Kier molecular flexibility index (Phi) is 5.50. The lowest BCUT2D eigenvalue weighted by Crippen LogP contribution is -2.03. The lowest BCUT2D eigenvalue weighted by molar-refractivity contribution is 0.286. The molecule has 0 aliphatic carbocycles. The fourth-order valence-electron chi connectivity index (χ4n) is 1.44. The second-order valence-electron chi connectivity index (χ2n) is 3.58. The van der Waals surface area contributed by atoms with Crippen LogP contribution in [-0.2, 0) is 0 Å². The first kappa shape index (κ1) is 12.6. The number of ether oxygens (including phenoxy) is 1. The third-order valence-corrected chi connectivity index (χ3v) is 2.15. The van der Waals surface area contributed by atoms with E-state index in [1.165, 1.54) is 0 Å².